The summed E-state index contributed by atoms with van der Waals surface area (Å²) in [6.07, 6.45) is -0.518. The number of phosphoric acid groups is 1. The molecule has 0 radical (unpaired) electrons. The number of para-hydroxylation sites is 2. The van der Waals surface area contributed by atoms with E-state index in [0.29, 0.717) is 19.5 Å². The molecular formula is C27H33N2O6P. The van der Waals surface area contributed by atoms with Gasteiger partial charge in [0, 0.05) is 25.3 Å². The maximum absolute atomic E-state index is 13.9. The summed E-state index contributed by atoms with van der Waals surface area (Å²) in [6, 6.07) is 26.9. The highest BCUT2D eigenvalue weighted by atomic mass is 31.2. The van der Waals surface area contributed by atoms with Crippen LogP contribution >= 0.6 is 7.82 Å². The Balaban J connectivity index is 1.79. The van der Waals surface area contributed by atoms with Gasteiger partial charge in [0.15, 0.2) is 0 Å². The fourth-order valence-electron chi connectivity index (χ4n) is 3.76. The van der Waals surface area contributed by atoms with E-state index in [9.17, 15) is 14.7 Å². The van der Waals surface area contributed by atoms with E-state index in [-0.39, 0.29) is 17.4 Å². The molecule has 8 nitrogen and oxygen atoms in total. The molecule has 0 spiro atoms. The summed E-state index contributed by atoms with van der Waals surface area (Å²) < 4.78 is 31.4. The third-order valence-corrected chi connectivity index (χ3v) is 7.15. The lowest BCUT2D eigenvalue weighted by Crippen LogP contribution is -2.49. The third-order valence-electron chi connectivity index (χ3n) is 5.80. The van der Waals surface area contributed by atoms with E-state index < -0.39 is 24.4 Å². The summed E-state index contributed by atoms with van der Waals surface area (Å²) in [6.45, 7) is 6.02. The molecule has 192 valence electrons. The quantitative estimate of drug-likeness (QED) is 0.114. The van der Waals surface area contributed by atoms with E-state index in [1.54, 1.807) is 60.7 Å². The standard InChI is InChI=1S/C27H33N2O6P/c1-22(19-20-28-21-23-13-7-4-8-14-23)26(27(2,3)29(30)31)35-36(32,33-24-15-9-5-10-16-24)34-25-17-11-6-12-18-25/h4-18,22,26,28H,19-21H2,1-3H3/t22-,26+/m1/s1. The van der Waals surface area contributed by atoms with Gasteiger partial charge >= 0.3 is 7.82 Å². The van der Waals surface area contributed by atoms with Gasteiger partial charge in [-0.3, -0.25) is 14.6 Å². The van der Waals surface area contributed by atoms with Crippen molar-refractivity contribution in [2.45, 2.75) is 45.4 Å². The number of nitrogens with zero attached hydrogens (tertiary/aromatic N) is 1. The number of hydrogen-bond acceptors (Lipinski definition) is 7. The van der Waals surface area contributed by atoms with Gasteiger partial charge in [-0.1, -0.05) is 73.7 Å². The molecule has 2 atom stereocenters. The second kappa shape index (κ2) is 12.7. The van der Waals surface area contributed by atoms with Gasteiger partial charge in [0.05, 0.1) is 0 Å². The van der Waals surface area contributed by atoms with Crippen LogP contribution in [0.5, 0.6) is 11.5 Å². The summed E-state index contributed by atoms with van der Waals surface area (Å²) in [5.41, 5.74) is -0.421. The number of nitrogens with one attached hydrogen (secondary N) is 1. The van der Waals surface area contributed by atoms with Gasteiger partial charge in [-0.05, 0) is 48.7 Å². The molecule has 0 unspecified atom stereocenters. The highest BCUT2D eigenvalue weighted by Gasteiger charge is 2.50. The molecule has 0 saturated carbocycles. The van der Waals surface area contributed by atoms with Crippen LogP contribution in [-0.4, -0.2) is 23.1 Å². The van der Waals surface area contributed by atoms with Gasteiger partial charge in [0.1, 0.15) is 17.6 Å². The van der Waals surface area contributed by atoms with Gasteiger partial charge in [0.2, 0.25) is 5.54 Å². The molecule has 0 amide bonds. The van der Waals surface area contributed by atoms with Crippen molar-refractivity contribution in [3.8, 4) is 11.5 Å². The zero-order chi connectivity index (χ0) is 26.0. The van der Waals surface area contributed by atoms with Crippen LogP contribution in [0.25, 0.3) is 0 Å². The molecule has 0 heterocycles. The maximum atomic E-state index is 13.9. The van der Waals surface area contributed by atoms with Crippen molar-refractivity contribution < 1.29 is 23.1 Å². The molecule has 3 aromatic rings. The molecule has 0 aliphatic rings. The number of hydrogen-bond donors (Lipinski definition) is 1. The highest BCUT2D eigenvalue weighted by molar-refractivity contribution is 7.49. The number of nitro groups is 1. The number of phosphoric ester groups is 1. The normalized spacial score (nSPS) is 13.5. The first-order valence-electron chi connectivity index (χ1n) is 11.9. The van der Waals surface area contributed by atoms with Gasteiger partial charge in [-0.2, -0.15) is 0 Å². The lowest BCUT2D eigenvalue weighted by atomic mass is 9.86. The summed E-state index contributed by atoms with van der Waals surface area (Å²) in [7, 11) is -4.32. The lowest BCUT2D eigenvalue weighted by molar-refractivity contribution is -0.574. The molecule has 0 fully saturated rings. The second-order valence-corrected chi connectivity index (χ2v) is 10.6. The largest absolute Gasteiger partial charge is 0.588 e. The Hall–Kier alpha value is -3.19. The van der Waals surface area contributed by atoms with Crippen LogP contribution in [0, 0.1) is 16.0 Å². The topological polar surface area (TPSA) is 99.9 Å². The van der Waals surface area contributed by atoms with E-state index in [4.69, 9.17) is 13.6 Å². The first-order chi connectivity index (χ1) is 17.2. The van der Waals surface area contributed by atoms with E-state index in [1.807, 2.05) is 37.3 Å². The third kappa shape index (κ3) is 7.92. The maximum Gasteiger partial charge on any atom is 0.588 e. The molecule has 0 bridgehead atoms. The molecule has 3 aromatic carbocycles. The van der Waals surface area contributed by atoms with Crippen LogP contribution < -0.4 is 14.4 Å². The van der Waals surface area contributed by atoms with Gasteiger partial charge in [-0.15, -0.1) is 0 Å². The SMILES string of the molecule is C[C@H](CCNCc1ccccc1)[C@H](OP(=O)(Oc1ccccc1)Oc1ccccc1)C(C)(C)[N+](=O)[O-]. The van der Waals surface area contributed by atoms with Crippen LogP contribution in [0.2, 0.25) is 0 Å². The average Bonchev–Trinajstić information content (AvgIpc) is 2.86. The van der Waals surface area contributed by atoms with E-state index in [0.717, 1.165) is 5.56 Å². The molecule has 1 N–H and O–H groups in total. The molecule has 0 aliphatic heterocycles. The summed E-state index contributed by atoms with van der Waals surface area (Å²) in [4.78, 5) is 11.6. The molecule has 36 heavy (non-hydrogen) atoms. The predicted molar refractivity (Wildman–Crippen MR) is 140 cm³/mol. The first kappa shape index (κ1) is 27.4. The summed E-state index contributed by atoms with van der Waals surface area (Å²) >= 11 is 0. The Labute approximate surface area is 212 Å². The zero-order valence-corrected chi connectivity index (χ0v) is 21.7. The Bertz CT molecular complexity index is 1080. The van der Waals surface area contributed by atoms with E-state index in [1.165, 1.54) is 13.8 Å². The minimum Gasteiger partial charge on any atom is -0.395 e. The first-order valence-corrected chi connectivity index (χ1v) is 13.3. The van der Waals surface area contributed by atoms with Crippen molar-refractivity contribution in [2.24, 2.45) is 5.92 Å². The van der Waals surface area contributed by atoms with Crippen molar-refractivity contribution in [2.75, 3.05) is 6.54 Å². The molecule has 9 heteroatoms. The Morgan fingerprint density at radius 2 is 1.36 bits per heavy atom. The van der Waals surface area contributed by atoms with Gasteiger partial charge in [0.25, 0.3) is 0 Å². The summed E-state index contributed by atoms with van der Waals surface area (Å²) in [5, 5.41) is 15.4. The zero-order valence-electron chi connectivity index (χ0n) is 20.8. The van der Waals surface area contributed by atoms with E-state index in [2.05, 4.69) is 5.32 Å². The highest BCUT2D eigenvalue weighted by Crippen LogP contribution is 2.53. The molecule has 3 rings (SSSR count). The fraction of sp³-hybridized carbons (Fsp3) is 0.333. The average molecular weight is 513 g/mol. The second-order valence-electron chi connectivity index (χ2n) is 9.12. The summed E-state index contributed by atoms with van der Waals surface area (Å²) in [5.74, 6) is 0.193. The van der Waals surface area contributed by atoms with Gasteiger partial charge < -0.3 is 14.4 Å². The minimum absolute atomic E-state index is 0.270. The van der Waals surface area contributed by atoms with Crippen molar-refractivity contribution in [1.29, 1.82) is 0 Å². The van der Waals surface area contributed by atoms with Crippen molar-refractivity contribution in [3.63, 3.8) is 0 Å². The predicted octanol–water partition coefficient (Wildman–Crippen LogP) is 6.51. The Kier molecular flexibility index (Phi) is 9.65. The smallest absolute Gasteiger partial charge is 0.395 e. The fourth-order valence-corrected chi connectivity index (χ4v) is 5.39. The molecule has 0 aliphatic carbocycles. The lowest BCUT2D eigenvalue weighted by Gasteiger charge is -2.33. The van der Waals surface area contributed by atoms with Crippen molar-refractivity contribution in [3.05, 3.63) is 107 Å². The van der Waals surface area contributed by atoms with Crippen molar-refractivity contribution >= 4 is 7.82 Å². The van der Waals surface area contributed by atoms with Crippen LogP contribution in [0.15, 0.2) is 91.0 Å². The van der Waals surface area contributed by atoms with Crippen LogP contribution in [0.4, 0.5) is 0 Å². The number of rotatable bonds is 14. The molecule has 0 aromatic heterocycles. The van der Waals surface area contributed by atoms with E-state index >= 15 is 0 Å². The van der Waals surface area contributed by atoms with Crippen molar-refractivity contribution in [1.82, 2.24) is 5.32 Å². The van der Waals surface area contributed by atoms with Gasteiger partial charge in [-0.25, -0.2) is 4.57 Å². The Morgan fingerprint density at radius 3 is 1.83 bits per heavy atom. The minimum atomic E-state index is -4.32. The number of benzene rings is 3. The molecular weight excluding hydrogens is 479 g/mol. The molecule has 0 saturated heterocycles. The Morgan fingerprint density at radius 1 is 0.889 bits per heavy atom. The van der Waals surface area contributed by atoms with Crippen LogP contribution in [-0.2, 0) is 15.6 Å². The van der Waals surface area contributed by atoms with Crippen LogP contribution in [0.1, 0.15) is 32.8 Å². The van der Waals surface area contributed by atoms with Crippen LogP contribution in [0.3, 0.4) is 0 Å². The monoisotopic (exact) mass is 512 g/mol.